The predicted molar refractivity (Wildman–Crippen MR) is 82.8 cm³/mol. The van der Waals surface area contributed by atoms with Crippen LogP contribution in [0.25, 0.3) is 0 Å². The van der Waals surface area contributed by atoms with Gasteiger partial charge in [-0.1, -0.05) is 0 Å². The molecule has 1 aromatic rings. The molecule has 0 aromatic carbocycles. The minimum atomic E-state index is 0.0601. The lowest BCUT2D eigenvalue weighted by molar-refractivity contribution is 0.113. The lowest BCUT2D eigenvalue weighted by Crippen LogP contribution is -2.53. The number of piperazine rings is 1. The van der Waals surface area contributed by atoms with E-state index in [1.807, 2.05) is 10.9 Å². The van der Waals surface area contributed by atoms with Crippen molar-refractivity contribution in [1.82, 2.24) is 24.9 Å². The van der Waals surface area contributed by atoms with Gasteiger partial charge in [0.05, 0.1) is 11.7 Å². The van der Waals surface area contributed by atoms with Gasteiger partial charge in [-0.15, -0.1) is 0 Å². The highest BCUT2D eigenvalue weighted by Crippen LogP contribution is 2.13. The SMILES string of the molecule is CN1CCN(C)C(CNCc2cnn(C(C)(C)C)c2)C1. The fourth-order valence-corrected chi connectivity index (χ4v) is 2.52. The van der Waals surface area contributed by atoms with Crippen LogP contribution in [0.5, 0.6) is 0 Å². The van der Waals surface area contributed by atoms with E-state index in [4.69, 9.17) is 0 Å². The Kier molecular flexibility index (Phi) is 4.83. The zero-order chi connectivity index (χ0) is 14.8. The number of likely N-dealkylation sites (N-methyl/N-ethyl adjacent to an activating group) is 2. The van der Waals surface area contributed by atoms with Gasteiger partial charge in [-0.05, 0) is 34.9 Å². The van der Waals surface area contributed by atoms with Gasteiger partial charge in [-0.2, -0.15) is 5.10 Å². The van der Waals surface area contributed by atoms with Crippen LogP contribution in [0.4, 0.5) is 0 Å². The molecule has 0 radical (unpaired) electrons. The average molecular weight is 279 g/mol. The van der Waals surface area contributed by atoms with E-state index in [-0.39, 0.29) is 5.54 Å². The quantitative estimate of drug-likeness (QED) is 0.891. The lowest BCUT2D eigenvalue weighted by Gasteiger charge is -2.37. The third-order valence-corrected chi connectivity index (χ3v) is 4.01. The van der Waals surface area contributed by atoms with Gasteiger partial charge >= 0.3 is 0 Å². The Morgan fingerprint density at radius 1 is 1.30 bits per heavy atom. The molecule has 20 heavy (non-hydrogen) atoms. The first-order chi connectivity index (χ1) is 9.36. The van der Waals surface area contributed by atoms with Crippen LogP contribution in [-0.2, 0) is 12.1 Å². The summed E-state index contributed by atoms with van der Waals surface area (Å²) in [4.78, 5) is 4.86. The molecule has 1 fully saturated rings. The minimum Gasteiger partial charge on any atom is -0.311 e. The number of rotatable bonds is 4. The molecule has 0 bridgehead atoms. The van der Waals surface area contributed by atoms with Crippen molar-refractivity contribution in [3.63, 3.8) is 0 Å². The second-order valence-corrected chi connectivity index (χ2v) is 6.99. The monoisotopic (exact) mass is 279 g/mol. The van der Waals surface area contributed by atoms with Crippen molar-refractivity contribution in [2.24, 2.45) is 0 Å². The van der Waals surface area contributed by atoms with Crippen molar-refractivity contribution in [1.29, 1.82) is 0 Å². The maximum Gasteiger partial charge on any atom is 0.0543 e. The van der Waals surface area contributed by atoms with Gasteiger partial charge in [0.25, 0.3) is 0 Å². The van der Waals surface area contributed by atoms with Crippen LogP contribution in [0.15, 0.2) is 12.4 Å². The summed E-state index contributed by atoms with van der Waals surface area (Å²) in [6, 6.07) is 0.603. The zero-order valence-corrected chi connectivity index (χ0v) is 13.6. The Morgan fingerprint density at radius 3 is 2.70 bits per heavy atom. The summed E-state index contributed by atoms with van der Waals surface area (Å²) >= 11 is 0. The molecule has 1 aliphatic rings. The maximum atomic E-state index is 4.44. The molecule has 0 amide bonds. The van der Waals surface area contributed by atoms with E-state index in [9.17, 15) is 0 Å². The maximum absolute atomic E-state index is 4.44. The highest BCUT2D eigenvalue weighted by atomic mass is 15.3. The summed E-state index contributed by atoms with van der Waals surface area (Å²) in [5.41, 5.74) is 1.32. The summed E-state index contributed by atoms with van der Waals surface area (Å²) in [6.45, 7) is 11.9. The fourth-order valence-electron chi connectivity index (χ4n) is 2.52. The number of hydrogen-bond donors (Lipinski definition) is 1. The van der Waals surface area contributed by atoms with Crippen LogP contribution in [-0.4, -0.2) is 65.9 Å². The van der Waals surface area contributed by atoms with E-state index >= 15 is 0 Å². The van der Waals surface area contributed by atoms with E-state index in [1.54, 1.807) is 0 Å². The molecule has 114 valence electrons. The molecule has 0 spiro atoms. The lowest BCUT2D eigenvalue weighted by atomic mass is 10.1. The van der Waals surface area contributed by atoms with Gasteiger partial charge in [-0.25, -0.2) is 0 Å². The number of hydrogen-bond acceptors (Lipinski definition) is 4. The second kappa shape index (κ2) is 6.24. The molecule has 1 N–H and O–H groups in total. The molecule has 0 aliphatic carbocycles. The molecule has 2 heterocycles. The molecular formula is C15H29N5. The molecule has 1 unspecified atom stereocenters. The van der Waals surface area contributed by atoms with Crippen LogP contribution in [0.1, 0.15) is 26.3 Å². The van der Waals surface area contributed by atoms with Crippen LogP contribution >= 0.6 is 0 Å². The van der Waals surface area contributed by atoms with E-state index in [0.29, 0.717) is 6.04 Å². The fraction of sp³-hybridized carbons (Fsp3) is 0.800. The number of nitrogens with zero attached hydrogens (tertiary/aromatic N) is 4. The second-order valence-electron chi connectivity index (χ2n) is 6.99. The Hall–Kier alpha value is -0.910. The molecule has 0 saturated carbocycles. The smallest absolute Gasteiger partial charge is 0.0543 e. The number of aromatic nitrogens is 2. The standard InChI is InChI=1S/C15H29N5/c1-15(2,3)20-11-13(9-17-20)8-16-10-14-12-18(4)6-7-19(14)5/h9,11,14,16H,6-8,10,12H2,1-5H3. The Bertz CT molecular complexity index is 420. The molecule has 1 atom stereocenters. The van der Waals surface area contributed by atoms with Crippen LogP contribution in [0.3, 0.4) is 0 Å². The summed E-state index contributed by atoms with van der Waals surface area (Å²) < 4.78 is 2.03. The Morgan fingerprint density at radius 2 is 2.05 bits per heavy atom. The van der Waals surface area contributed by atoms with E-state index in [1.165, 1.54) is 12.1 Å². The molecule has 1 aliphatic heterocycles. The zero-order valence-electron chi connectivity index (χ0n) is 13.6. The molecule has 2 rings (SSSR count). The first kappa shape index (κ1) is 15.5. The predicted octanol–water partition coefficient (Wildman–Crippen LogP) is 0.974. The summed E-state index contributed by atoms with van der Waals surface area (Å²) in [5.74, 6) is 0. The van der Waals surface area contributed by atoms with Crippen molar-refractivity contribution < 1.29 is 0 Å². The molecule has 5 nitrogen and oxygen atoms in total. The van der Waals surface area contributed by atoms with Crippen molar-refractivity contribution >= 4 is 0 Å². The van der Waals surface area contributed by atoms with Crippen molar-refractivity contribution in [2.75, 3.05) is 40.3 Å². The number of nitrogens with one attached hydrogen (secondary N) is 1. The first-order valence-electron chi connectivity index (χ1n) is 7.50. The van der Waals surface area contributed by atoms with Gasteiger partial charge < -0.3 is 10.2 Å². The van der Waals surface area contributed by atoms with E-state index < -0.39 is 0 Å². The average Bonchev–Trinajstić information content (AvgIpc) is 2.82. The first-order valence-corrected chi connectivity index (χ1v) is 7.50. The Labute approximate surface area is 122 Å². The minimum absolute atomic E-state index is 0.0601. The van der Waals surface area contributed by atoms with Gasteiger partial charge in [-0.3, -0.25) is 9.58 Å². The normalized spacial score (nSPS) is 22.4. The van der Waals surface area contributed by atoms with Crippen molar-refractivity contribution in [3.8, 4) is 0 Å². The van der Waals surface area contributed by atoms with Crippen LogP contribution in [0, 0.1) is 0 Å². The van der Waals surface area contributed by atoms with Gasteiger partial charge in [0.1, 0.15) is 0 Å². The van der Waals surface area contributed by atoms with Gasteiger partial charge in [0, 0.05) is 50.5 Å². The molecular weight excluding hydrogens is 250 g/mol. The molecule has 1 aromatic heterocycles. The largest absolute Gasteiger partial charge is 0.311 e. The van der Waals surface area contributed by atoms with E-state index in [2.05, 4.69) is 61.3 Å². The topological polar surface area (TPSA) is 36.3 Å². The Balaban J connectivity index is 1.79. The summed E-state index contributed by atoms with van der Waals surface area (Å²) in [7, 11) is 4.42. The highest BCUT2D eigenvalue weighted by molar-refractivity contribution is 5.05. The third-order valence-electron chi connectivity index (χ3n) is 4.01. The van der Waals surface area contributed by atoms with Crippen molar-refractivity contribution in [3.05, 3.63) is 18.0 Å². The van der Waals surface area contributed by atoms with E-state index in [0.717, 1.165) is 26.2 Å². The third kappa shape index (κ3) is 4.04. The van der Waals surface area contributed by atoms with Crippen molar-refractivity contribution in [2.45, 2.75) is 38.9 Å². The molecule has 1 saturated heterocycles. The van der Waals surface area contributed by atoms with Gasteiger partial charge in [0.15, 0.2) is 0 Å². The summed E-state index contributed by atoms with van der Waals surface area (Å²) in [5, 5.41) is 8.00. The van der Waals surface area contributed by atoms with Crippen LogP contribution < -0.4 is 5.32 Å². The molecule has 5 heteroatoms. The highest BCUT2D eigenvalue weighted by Gasteiger charge is 2.21. The van der Waals surface area contributed by atoms with Gasteiger partial charge in [0.2, 0.25) is 0 Å². The summed E-state index contributed by atoms with van der Waals surface area (Å²) in [6.07, 6.45) is 4.11. The van der Waals surface area contributed by atoms with Crippen LogP contribution in [0.2, 0.25) is 0 Å².